The molecule has 0 atom stereocenters. The Kier molecular flexibility index (Phi) is 7.88. The van der Waals surface area contributed by atoms with Crippen molar-refractivity contribution in [1.29, 1.82) is 0 Å². The third kappa shape index (κ3) is 7.08. The first-order valence-corrected chi connectivity index (χ1v) is 7.74. The Morgan fingerprint density at radius 1 is 1.15 bits per heavy atom. The average Bonchev–Trinajstić information content (AvgIpc) is 2.33. The fraction of sp³-hybridized carbons (Fsp3) is 0.429. The van der Waals surface area contributed by atoms with E-state index in [1.807, 2.05) is 0 Å². The molecular formula is C14H18Cl2N2OS. The minimum absolute atomic E-state index is 0.0771. The van der Waals surface area contributed by atoms with Gasteiger partial charge in [0.05, 0.1) is 0 Å². The smallest absolute Gasteiger partial charge is 0.226 e. The van der Waals surface area contributed by atoms with Crippen LogP contribution in [-0.4, -0.2) is 11.0 Å². The maximum absolute atomic E-state index is 11.6. The summed E-state index contributed by atoms with van der Waals surface area (Å²) in [6.07, 6.45) is 4.73. The molecule has 0 aliphatic rings. The highest BCUT2D eigenvalue weighted by molar-refractivity contribution is 7.80. The largest absolute Gasteiger partial charge is 0.332 e. The number of carbonyl (C=O) groups is 1. The molecule has 2 N–H and O–H groups in total. The fourth-order valence-corrected chi connectivity index (χ4v) is 2.45. The molecule has 20 heavy (non-hydrogen) atoms. The van der Waals surface area contributed by atoms with Gasteiger partial charge in [0.15, 0.2) is 5.11 Å². The Morgan fingerprint density at radius 3 is 2.40 bits per heavy atom. The lowest BCUT2D eigenvalue weighted by Crippen LogP contribution is -2.33. The van der Waals surface area contributed by atoms with E-state index in [1.54, 1.807) is 18.2 Å². The Hall–Kier alpha value is -0.840. The molecule has 0 fully saturated rings. The zero-order valence-electron chi connectivity index (χ0n) is 11.3. The predicted octanol–water partition coefficient (Wildman–Crippen LogP) is 4.78. The molecule has 0 heterocycles. The number of thiocarbonyl (C=S) groups is 1. The number of benzene rings is 1. The van der Waals surface area contributed by atoms with E-state index < -0.39 is 0 Å². The Balaban J connectivity index is 2.37. The number of hydrogen-bond acceptors (Lipinski definition) is 2. The highest BCUT2D eigenvalue weighted by Gasteiger charge is 2.05. The predicted molar refractivity (Wildman–Crippen MR) is 89.6 cm³/mol. The Morgan fingerprint density at radius 2 is 1.80 bits per heavy atom. The van der Waals surface area contributed by atoms with Crippen molar-refractivity contribution in [2.45, 2.75) is 39.0 Å². The molecule has 0 aliphatic carbocycles. The normalized spacial score (nSPS) is 10.2. The molecule has 1 amide bonds. The van der Waals surface area contributed by atoms with E-state index in [0.29, 0.717) is 22.2 Å². The molecule has 6 heteroatoms. The first-order valence-electron chi connectivity index (χ1n) is 6.58. The summed E-state index contributed by atoms with van der Waals surface area (Å²) in [7, 11) is 0. The Bertz CT molecular complexity index is 460. The van der Waals surface area contributed by atoms with Gasteiger partial charge in [-0.1, -0.05) is 49.4 Å². The molecule has 0 saturated carbocycles. The van der Waals surface area contributed by atoms with Crippen LogP contribution >= 0.6 is 35.4 Å². The van der Waals surface area contributed by atoms with Crippen LogP contribution in [0.5, 0.6) is 0 Å². The molecule has 0 unspecified atom stereocenters. The van der Waals surface area contributed by atoms with Crippen LogP contribution in [0.4, 0.5) is 5.69 Å². The van der Waals surface area contributed by atoms with Gasteiger partial charge in [-0.2, -0.15) is 0 Å². The highest BCUT2D eigenvalue weighted by Crippen LogP contribution is 2.22. The van der Waals surface area contributed by atoms with E-state index in [4.69, 9.17) is 35.4 Å². The zero-order chi connectivity index (χ0) is 15.0. The standard InChI is InChI=1S/C14H18Cl2N2OS/c1-2-3-4-5-6-13(19)18-14(20)17-12-8-10(15)7-11(16)9-12/h7-9H,2-6H2,1H3,(H2,17,18,19,20). The van der Waals surface area contributed by atoms with Crippen molar-refractivity contribution in [1.82, 2.24) is 5.32 Å². The SMILES string of the molecule is CCCCCCC(=O)NC(=S)Nc1cc(Cl)cc(Cl)c1. The summed E-state index contributed by atoms with van der Waals surface area (Å²) in [4.78, 5) is 11.6. The van der Waals surface area contributed by atoms with Crippen LogP contribution < -0.4 is 10.6 Å². The minimum Gasteiger partial charge on any atom is -0.332 e. The number of amides is 1. The van der Waals surface area contributed by atoms with Crippen molar-refractivity contribution in [3.8, 4) is 0 Å². The van der Waals surface area contributed by atoms with Crippen LogP contribution in [0.3, 0.4) is 0 Å². The molecule has 1 aromatic rings. The summed E-state index contributed by atoms with van der Waals surface area (Å²) < 4.78 is 0. The lowest BCUT2D eigenvalue weighted by molar-refractivity contribution is -0.119. The van der Waals surface area contributed by atoms with Gasteiger partial charge in [-0.25, -0.2) is 0 Å². The van der Waals surface area contributed by atoms with E-state index in [0.717, 1.165) is 25.7 Å². The number of anilines is 1. The third-order valence-corrected chi connectivity index (χ3v) is 3.27. The number of nitrogens with one attached hydrogen (secondary N) is 2. The van der Waals surface area contributed by atoms with Crippen molar-refractivity contribution in [3.05, 3.63) is 28.2 Å². The number of rotatable bonds is 6. The lowest BCUT2D eigenvalue weighted by atomic mass is 10.1. The zero-order valence-corrected chi connectivity index (χ0v) is 13.7. The van der Waals surface area contributed by atoms with E-state index in [-0.39, 0.29) is 11.0 Å². The number of hydrogen-bond donors (Lipinski definition) is 2. The van der Waals surface area contributed by atoms with Crippen LogP contribution in [0.2, 0.25) is 10.0 Å². The third-order valence-electron chi connectivity index (χ3n) is 2.63. The molecule has 0 radical (unpaired) electrons. The molecule has 0 spiro atoms. The van der Waals surface area contributed by atoms with Gasteiger partial charge in [-0.3, -0.25) is 4.79 Å². The van der Waals surface area contributed by atoms with Gasteiger partial charge in [-0.15, -0.1) is 0 Å². The summed E-state index contributed by atoms with van der Waals surface area (Å²) >= 11 is 16.8. The maximum atomic E-state index is 11.6. The van der Waals surface area contributed by atoms with Crippen LogP contribution in [-0.2, 0) is 4.79 Å². The topological polar surface area (TPSA) is 41.1 Å². The van der Waals surface area contributed by atoms with Crippen LogP contribution in [0.1, 0.15) is 39.0 Å². The molecule has 0 aromatic heterocycles. The van der Waals surface area contributed by atoms with Gasteiger partial charge in [0, 0.05) is 22.2 Å². The monoisotopic (exact) mass is 332 g/mol. The van der Waals surface area contributed by atoms with Gasteiger partial charge in [-0.05, 0) is 36.8 Å². The van der Waals surface area contributed by atoms with E-state index in [1.165, 1.54) is 0 Å². The summed E-state index contributed by atoms with van der Waals surface area (Å²) in [5.74, 6) is -0.0771. The second kappa shape index (κ2) is 9.16. The molecule has 0 bridgehead atoms. The quantitative estimate of drug-likeness (QED) is 0.582. The average molecular weight is 333 g/mol. The number of unbranched alkanes of at least 4 members (excludes halogenated alkanes) is 3. The highest BCUT2D eigenvalue weighted by atomic mass is 35.5. The van der Waals surface area contributed by atoms with Crippen molar-refractivity contribution >= 4 is 52.1 Å². The molecule has 1 rings (SSSR count). The van der Waals surface area contributed by atoms with Crippen LogP contribution in [0, 0.1) is 0 Å². The van der Waals surface area contributed by atoms with Crippen molar-refractivity contribution < 1.29 is 4.79 Å². The van der Waals surface area contributed by atoms with E-state index in [2.05, 4.69) is 17.6 Å². The summed E-state index contributed by atoms with van der Waals surface area (Å²) in [5.41, 5.74) is 0.652. The first-order chi connectivity index (χ1) is 9.51. The van der Waals surface area contributed by atoms with Gasteiger partial charge < -0.3 is 10.6 Å². The second-order valence-electron chi connectivity index (χ2n) is 4.47. The summed E-state index contributed by atoms with van der Waals surface area (Å²) in [6.45, 7) is 2.13. The van der Waals surface area contributed by atoms with Gasteiger partial charge in [0.25, 0.3) is 0 Å². The molecule has 1 aromatic carbocycles. The molecule has 110 valence electrons. The lowest BCUT2D eigenvalue weighted by Gasteiger charge is -2.10. The fourth-order valence-electron chi connectivity index (χ4n) is 1.69. The van der Waals surface area contributed by atoms with Gasteiger partial charge in [0.2, 0.25) is 5.91 Å². The van der Waals surface area contributed by atoms with Crippen LogP contribution in [0.25, 0.3) is 0 Å². The van der Waals surface area contributed by atoms with E-state index in [9.17, 15) is 4.79 Å². The summed E-state index contributed by atoms with van der Waals surface area (Å²) in [5, 5.41) is 6.80. The number of halogens is 2. The van der Waals surface area contributed by atoms with Gasteiger partial charge in [0.1, 0.15) is 0 Å². The Labute approximate surface area is 135 Å². The molecular weight excluding hydrogens is 315 g/mol. The molecule has 0 aliphatic heterocycles. The van der Waals surface area contributed by atoms with Crippen molar-refractivity contribution in [3.63, 3.8) is 0 Å². The first kappa shape index (κ1) is 17.2. The van der Waals surface area contributed by atoms with Crippen molar-refractivity contribution in [2.75, 3.05) is 5.32 Å². The van der Waals surface area contributed by atoms with Crippen molar-refractivity contribution in [2.24, 2.45) is 0 Å². The second-order valence-corrected chi connectivity index (χ2v) is 5.75. The summed E-state index contributed by atoms with van der Waals surface area (Å²) in [6, 6.07) is 5.00. The van der Waals surface area contributed by atoms with Gasteiger partial charge >= 0.3 is 0 Å². The van der Waals surface area contributed by atoms with Crippen LogP contribution in [0.15, 0.2) is 18.2 Å². The number of carbonyl (C=O) groups excluding carboxylic acids is 1. The minimum atomic E-state index is -0.0771. The molecule has 3 nitrogen and oxygen atoms in total. The van der Waals surface area contributed by atoms with E-state index >= 15 is 0 Å². The maximum Gasteiger partial charge on any atom is 0.226 e. The molecule has 0 saturated heterocycles.